The Hall–Kier alpha value is -2.22. The fourth-order valence-electron chi connectivity index (χ4n) is 3.29. The first-order chi connectivity index (χ1) is 12.4. The van der Waals surface area contributed by atoms with Gasteiger partial charge in [-0.05, 0) is 12.8 Å². The van der Waals surface area contributed by atoms with Crippen LogP contribution in [0.25, 0.3) is 0 Å². The molecule has 0 aliphatic carbocycles. The Labute approximate surface area is 154 Å². The number of piperidine rings is 1. The van der Waals surface area contributed by atoms with Crippen molar-refractivity contribution in [1.29, 1.82) is 0 Å². The number of rotatable bonds is 5. The molecule has 3 heterocycles. The van der Waals surface area contributed by atoms with Crippen LogP contribution in [0.15, 0.2) is 12.4 Å². The molecule has 1 fully saturated rings. The summed E-state index contributed by atoms with van der Waals surface area (Å²) >= 11 is 0. The van der Waals surface area contributed by atoms with E-state index in [0.717, 1.165) is 25.2 Å². The number of imidazole rings is 1. The summed E-state index contributed by atoms with van der Waals surface area (Å²) in [6.07, 6.45) is 4.96. The molecule has 0 bridgehead atoms. The molecule has 2 unspecified atom stereocenters. The topological polar surface area (TPSA) is 83.2 Å². The van der Waals surface area contributed by atoms with Crippen LogP contribution in [-0.2, 0) is 7.05 Å². The van der Waals surface area contributed by atoms with E-state index in [2.05, 4.69) is 38.7 Å². The second-order valence-corrected chi connectivity index (χ2v) is 7.53. The van der Waals surface area contributed by atoms with E-state index in [4.69, 9.17) is 0 Å². The minimum atomic E-state index is -0.586. The lowest BCUT2D eigenvalue weighted by atomic mass is 9.92. The minimum Gasteiger partial charge on any atom is -0.385 e. The number of aryl methyl sites for hydroxylation is 1. The molecule has 0 amide bonds. The Kier molecular flexibility index (Phi) is 5.41. The zero-order valence-electron chi connectivity index (χ0n) is 16.3. The molecule has 2 atom stereocenters. The van der Waals surface area contributed by atoms with E-state index in [9.17, 15) is 5.11 Å². The highest BCUT2D eigenvalue weighted by Crippen LogP contribution is 2.30. The molecular formula is C18H29N7O. The smallest absolute Gasteiger partial charge is 0.230 e. The summed E-state index contributed by atoms with van der Waals surface area (Å²) in [5.74, 6) is 3.21. The predicted octanol–water partition coefficient (Wildman–Crippen LogP) is 1.74. The second kappa shape index (κ2) is 7.57. The first-order valence-electron chi connectivity index (χ1n) is 9.20. The van der Waals surface area contributed by atoms with Gasteiger partial charge in [0.15, 0.2) is 0 Å². The van der Waals surface area contributed by atoms with E-state index in [0.29, 0.717) is 24.3 Å². The molecule has 8 nitrogen and oxygen atoms in total. The number of aliphatic hydroxyl groups excluding tert-OH is 1. The number of hydrogen-bond acceptors (Lipinski definition) is 7. The molecule has 142 valence electrons. The first-order valence-corrected chi connectivity index (χ1v) is 9.20. The monoisotopic (exact) mass is 359 g/mol. The number of aliphatic hydroxyl groups is 1. The third-order valence-corrected chi connectivity index (χ3v) is 4.86. The molecule has 26 heavy (non-hydrogen) atoms. The third-order valence-electron chi connectivity index (χ3n) is 4.86. The normalized spacial score (nSPS) is 19.0. The maximum Gasteiger partial charge on any atom is 0.230 e. The number of nitrogens with zero attached hydrogens (tertiary/aromatic N) is 7. The van der Waals surface area contributed by atoms with Crippen molar-refractivity contribution in [3.05, 3.63) is 24.0 Å². The van der Waals surface area contributed by atoms with Crippen LogP contribution in [0.3, 0.4) is 0 Å². The quantitative estimate of drug-likeness (QED) is 0.870. The van der Waals surface area contributed by atoms with Gasteiger partial charge in [-0.3, -0.25) is 0 Å². The summed E-state index contributed by atoms with van der Waals surface area (Å²) in [6, 6.07) is 0. The van der Waals surface area contributed by atoms with E-state index < -0.39 is 6.10 Å². The van der Waals surface area contributed by atoms with Crippen LogP contribution in [0.1, 0.15) is 50.4 Å². The zero-order chi connectivity index (χ0) is 18.8. The summed E-state index contributed by atoms with van der Waals surface area (Å²) in [5.41, 5.74) is 0. The highest BCUT2D eigenvalue weighted by Gasteiger charge is 2.30. The van der Waals surface area contributed by atoms with Gasteiger partial charge in [0.1, 0.15) is 17.8 Å². The van der Waals surface area contributed by atoms with Gasteiger partial charge in [-0.1, -0.05) is 13.8 Å². The lowest BCUT2D eigenvalue weighted by Gasteiger charge is -2.35. The largest absolute Gasteiger partial charge is 0.385 e. The summed E-state index contributed by atoms with van der Waals surface area (Å²) in [6.45, 7) is 5.77. The van der Waals surface area contributed by atoms with Crippen LogP contribution in [0.2, 0.25) is 0 Å². The van der Waals surface area contributed by atoms with Crippen molar-refractivity contribution in [2.75, 3.05) is 37.0 Å². The molecule has 1 aliphatic rings. The molecule has 0 saturated carbocycles. The van der Waals surface area contributed by atoms with Crippen molar-refractivity contribution < 1.29 is 5.11 Å². The van der Waals surface area contributed by atoms with Crippen LogP contribution in [-0.4, -0.2) is 56.8 Å². The molecule has 8 heteroatoms. The predicted molar refractivity (Wildman–Crippen MR) is 101 cm³/mol. The second-order valence-electron chi connectivity index (χ2n) is 7.53. The molecule has 0 radical (unpaired) electrons. The van der Waals surface area contributed by atoms with Crippen LogP contribution in [0.4, 0.5) is 11.9 Å². The van der Waals surface area contributed by atoms with Gasteiger partial charge in [-0.2, -0.15) is 15.0 Å². The van der Waals surface area contributed by atoms with Crippen LogP contribution in [0, 0.1) is 5.92 Å². The maximum atomic E-state index is 10.8. The van der Waals surface area contributed by atoms with Gasteiger partial charge in [0.25, 0.3) is 0 Å². The van der Waals surface area contributed by atoms with Gasteiger partial charge >= 0.3 is 0 Å². The highest BCUT2D eigenvalue weighted by atomic mass is 16.3. The first kappa shape index (κ1) is 18.6. The fraction of sp³-hybridized carbons (Fsp3) is 0.667. The Balaban J connectivity index is 1.84. The van der Waals surface area contributed by atoms with E-state index in [1.165, 1.54) is 0 Å². The molecule has 1 aliphatic heterocycles. The van der Waals surface area contributed by atoms with E-state index in [1.807, 2.05) is 36.8 Å². The average molecular weight is 359 g/mol. The van der Waals surface area contributed by atoms with Gasteiger partial charge in [-0.15, -0.1) is 0 Å². The van der Waals surface area contributed by atoms with Crippen LogP contribution < -0.4 is 9.80 Å². The fourth-order valence-corrected chi connectivity index (χ4v) is 3.29. The van der Waals surface area contributed by atoms with Crippen molar-refractivity contribution in [2.24, 2.45) is 13.0 Å². The third kappa shape index (κ3) is 3.80. The Morgan fingerprint density at radius 1 is 1.23 bits per heavy atom. The molecular weight excluding hydrogens is 330 g/mol. The molecule has 0 aromatic carbocycles. The van der Waals surface area contributed by atoms with Gasteiger partial charge in [0.2, 0.25) is 11.9 Å². The average Bonchev–Trinajstić information content (AvgIpc) is 3.06. The Morgan fingerprint density at radius 2 is 2.00 bits per heavy atom. The summed E-state index contributed by atoms with van der Waals surface area (Å²) in [7, 11) is 5.79. The Bertz CT molecular complexity index is 717. The van der Waals surface area contributed by atoms with Gasteiger partial charge < -0.3 is 19.5 Å². The van der Waals surface area contributed by atoms with Crippen molar-refractivity contribution >= 4 is 11.9 Å². The van der Waals surface area contributed by atoms with Gasteiger partial charge in [-0.25, -0.2) is 4.98 Å². The van der Waals surface area contributed by atoms with Gasteiger partial charge in [0, 0.05) is 58.5 Å². The minimum absolute atomic E-state index is 0.104. The standard InChI is InChI=1S/C18H29N7O/c1-12(2)15-20-17(23(3)4)22-18(21-15)25-9-6-7-13(11-25)14(26)16-19-8-10-24(16)5/h8,10,12-14,26H,6-7,9,11H2,1-5H3. The molecule has 2 aromatic heterocycles. The van der Waals surface area contributed by atoms with E-state index in [-0.39, 0.29) is 11.8 Å². The lowest BCUT2D eigenvalue weighted by molar-refractivity contribution is 0.0872. The Morgan fingerprint density at radius 3 is 2.62 bits per heavy atom. The molecule has 0 spiro atoms. The SMILES string of the molecule is CC(C)c1nc(N(C)C)nc(N2CCCC(C(O)c3nccn3C)C2)n1. The molecule has 2 aromatic rings. The van der Waals surface area contributed by atoms with Crippen LogP contribution >= 0.6 is 0 Å². The van der Waals surface area contributed by atoms with Crippen molar-refractivity contribution in [3.8, 4) is 0 Å². The summed E-state index contributed by atoms with van der Waals surface area (Å²) in [4.78, 5) is 22.3. The molecule has 3 rings (SSSR count). The lowest BCUT2D eigenvalue weighted by Crippen LogP contribution is -2.39. The molecule has 1 saturated heterocycles. The van der Waals surface area contributed by atoms with Crippen molar-refractivity contribution in [2.45, 2.75) is 38.7 Å². The maximum absolute atomic E-state index is 10.8. The number of anilines is 2. The number of hydrogen-bond donors (Lipinski definition) is 1. The van der Waals surface area contributed by atoms with E-state index in [1.54, 1.807) is 6.20 Å². The van der Waals surface area contributed by atoms with Crippen molar-refractivity contribution in [3.63, 3.8) is 0 Å². The highest BCUT2D eigenvalue weighted by molar-refractivity contribution is 5.39. The van der Waals surface area contributed by atoms with Crippen molar-refractivity contribution in [1.82, 2.24) is 24.5 Å². The van der Waals surface area contributed by atoms with E-state index >= 15 is 0 Å². The van der Waals surface area contributed by atoms with Crippen LogP contribution in [0.5, 0.6) is 0 Å². The molecule has 1 N–H and O–H groups in total. The number of aromatic nitrogens is 5. The summed E-state index contributed by atoms with van der Waals surface area (Å²) in [5, 5.41) is 10.8. The zero-order valence-corrected chi connectivity index (χ0v) is 16.3. The van der Waals surface area contributed by atoms with Gasteiger partial charge in [0.05, 0.1) is 0 Å². The summed E-state index contributed by atoms with van der Waals surface area (Å²) < 4.78 is 1.88.